The molecule has 2 aromatic rings. The van der Waals surface area contributed by atoms with Gasteiger partial charge in [-0.2, -0.15) is 4.98 Å². The van der Waals surface area contributed by atoms with Crippen LogP contribution in [-0.2, 0) is 9.22 Å². The monoisotopic (exact) mass is 483 g/mol. The minimum Gasteiger partial charge on any atom is -0.408 e. The van der Waals surface area contributed by atoms with Crippen LogP contribution in [0.1, 0.15) is 53.3 Å². The van der Waals surface area contributed by atoms with Gasteiger partial charge in [0.2, 0.25) is 11.9 Å². The number of carbonyl (C=O) groups excluding carboxylic acids is 1. The van der Waals surface area contributed by atoms with E-state index in [2.05, 4.69) is 54.1 Å². The van der Waals surface area contributed by atoms with Crippen LogP contribution < -0.4 is 10.9 Å². The number of nitrogens with one attached hydrogen (secondary N) is 2. The Labute approximate surface area is 193 Å². The lowest BCUT2D eigenvalue weighted by Gasteiger charge is -2.40. The van der Waals surface area contributed by atoms with Crippen LogP contribution in [0.15, 0.2) is 11.1 Å². The number of amides is 1. The van der Waals surface area contributed by atoms with Crippen LogP contribution in [0.2, 0.25) is 18.1 Å². The lowest BCUT2D eigenvalue weighted by molar-refractivity contribution is -0.118. The molecule has 3 heterocycles. The predicted octanol–water partition coefficient (Wildman–Crippen LogP) is 4.47. The van der Waals surface area contributed by atoms with Gasteiger partial charge in [0, 0.05) is 11.2 Å². The number of rotatable bonds is 6. The number of anilines is 1. The first kappa shape index (κ1) is 24.9. The van der Waals surface area contributed by atoms with Gasteiger partial charge in [0.15, 0.2) is 19.5 Å². The second-order valence-electron chi connectivity index (χ2n) is 10.1. The zero-order valence-electron chi connectivity index (χ0n) is 20.0. The Balaban J connectivity index is 2.05. The minimum atomic E-state index is -2.26. The molecule has 178 valence electrons. The Kier molecular flexibility index (Phi) is 6.93. The van der Waals surface area contributed by atoms with Crippen molar-refractivity contribution in [3.63, 3.8) is 0 Å². The Morgan fingerprint density at radius 3 is 2.62 bits per heavy atom. The molecule has 1 aliphatic heterocycles. The smallest absolute Gasteiger partial charge is 0.280 e. The number of hydrogen-bond donors (Lipinski definition) is 2. The SMILES string of the molecule is CC[C@H]1S[C@@H](n2cnc3c(=O)[nH]c(NC(=O)C(C)C)nc32)C(O[Si](C)(C)C(C)(C)C)[C@H]1F. The number of halogens is 1. The van der Waals surface area contributed by atoms with Gasteiger partial charge < -0.3 is 4.43 Å². The van der Waals surface area contributed by atoms with Crippen LogP contribution in [0.5, 0.6) is 0 Å². The number of carbonyl (C=O) groups is 1. The van der Waals surface area contributed by atoms with Crippen molar-refractivity contribution in [1.29, 1.82) is 0 Å². The first-order valence-corrected chi connectivity index (χ1v) is 14.9. The number of H-pyrrole nitrogens is 1. The van der Waals surface area contributed by atoms with Crippen LogP contribution >= 0.6 is 11.8 Å². The molecule has 1 aliphatic rings. The van der Waals surface area contributed by atoms with Gasteiger partial charge >= 0.3 is 0 Å². The molecule has 4 atom stereocenters. The van der Waals surface area contributed by atoms with Crippen molar-refractivity contribution in [3.8, 4) is 0 Å². The van der Waals surface area contributed by atoms with Gasteiger partial charge in [0.1, 0.15) is 17.6 Å². The third kappa shape index (κ3) is 4.65. The maximum Gasteiger partial charge on any atom is 0.280 e. The summed E-state index contributed by atoms with van der Waals surface area (Å²) >= 11 is 1.49. The average Bonchev–Trinajstić information content (AvgIpc) is 3.22. The maximum atomic E-state index is 15.5. The average molecular weight is 484 g/mol. The van der Waals surface area contributed by atoms with E-state index in [1.165, 1.54) is 18.1 Å². The highest BCUT2D eigenvalue weighted by atomic mass is 32.2. The quantitative estimate of drug-likeness (QED) is 0.588. The van der Waals surface area contributed by atoms with E-state index in [0.717, 1.165) is 0 Å². The number of aromatic amines is 1. The molecule has 1 fully saturated rings. The summed E-state index contributed by atoms with van der Waals surface area (Å²) < 4.78 is 23.8. The molecule has 3 rings (SSSR count). The largest absolute Gasteiger partial charge is 0.408 e. The fourth-order valence-electron chi connectivity index (χ4n) is 3.32. The fourth-order valence-corrected chi connectivity index (χ4v) is 6.21. The highest BCUT2D eigenvalue weighted by molar-refractivity contribution is 8.00. The summed E-state index contributed by atoms with van der Waals surface area (Å²) in [5.74, 6) is -0.481. The molecule has 0 aromatic carbocycles. The van der Waals surface area contributed by atoms with Crippen molar-refractivity contribution in [2.24, 2.45) is 5.92 Å². The maximum absolute atomic E-state index is 15.5. The lowest BCUT2D eigenvalue weighted by Crippen LogP contribution is -2.47. The molecule has 0 saturated carbocycles. The molecule has 11 heteroatoms. The standard InChI is InChI=1S/C21H34FN5O3SSi/c1-9-12-13(22)15(30-32(7,8)21(4,5)6)19(31-12)27-10-23-14-16(27)24-20(26-18(14)29)25-17(28)11(2)3/h10-13,15,19H,9H2,1-8H3,(H2,24,25,26,28,29)/t12-,13+,15?,19-/m1/s1. The summed E-state index contributed by atoms with van der Waals surface area (Å²) in [6, 6.07) is 0. The molecule has 1 saturated heterocycles. The Morgan fingerprint density at radius 1 is 1.41 bits per heavy atom. The Morgan fingerprint density at radius 2 is 2.06 bits per heavy atom. The number of aromatic nitrogens is 4. The van der Waals surface area contributed by atoms with Crippen molar-refractivity contribution in [2.75, 3.05) is 5.32 Å². The Bertz CT molecular complexity index is 1050. The molecular weight excluding hydrogens is 449 g/mol. The summed E-state index contributed by atoms with van der Waals surface area (Å²) in [6.07, 6.45) is 0.350. The van der Waals surface area contributed by atoms with E-state index in [0.29, 0.717) is 12.1 Å². The van der Waals surface area contributed by atoms with Crippen molar-refractivity contribution < 1.29 is 13.6 Å². The second-order valence-corrected chi connectivity index (χ2v) is 16.3. The zero-order valence-corrected chi connectivity index (χ0v) is 21.8. The van der Waals surface area contributed by atoms with E-state index < -0.39 is 31.5 Å². The van der Waals surface area contributed by atoms with Crippen molar-refractivity contribution >= 4 is 43.1 Å². The topological polar surface area (TPSA) is 102 Å². The Hall–Kier alpha value is -1.72. The van der Waals surface area contributed by atoms with Gasteiger partial charge in [-0.1, -0.05) is 41.5 Å². The van der Waals surface area contributed by atoms with Gasteiger partial charge in [0.05, 0.1) is 6.33 Å². The second kappa shape index (κ2) is 8.90. The van der Waals surface area contributed by atoms with Crippen molar-refractivity contribution in [2.45, 2.75) is 89.0 Å². The van der Waals surface area contributed by atoms with Crippen molar-refractivity contribution in [3.05, 3.63) is 16.7 Å². The molecular formula is C21H34FN5O3SSi. The highest BCUT2D eigenvalue weighted by Crippen LogP contribution is 2.50. The molecule has 0 aliphatic carbocycles. The fraction of sp³-hybridized carbons (Fsp3) is 0.714. The molecule has 2 N–H and O–H groups in total. The summed E-state index contributed by atoms with van der Waals surface area (Å²) in [6.45, 7) is 16.0. The van der Waals surface area contributed by atoms with Crippen LogP contribution in [0.4, 0.5) is 10.3 Å². The van der Waals surface area contributed by atoms with Gasteiger partial charge in [-0.25, -0.2) is 9.37 Å². The van der Waals surface area contributed by atoms with E-state index >= 15 is 4.39 Å². The summed E-state index contributed by atoms with van der Waals surface area (Å²) in [4.78, 5) is 35.9. The summed E-state index contributed by atoms with van der Waals surface area (Å²) in [7, 11) is -2.26. The van der Waals surface area contributed by atoms with Gasteiger partial charge in [0.25, 0.3) is 5.56 Å². The number of alkyl halides is 1. The van der Waals surface area contributed by atoms with Crippen LogP contribution in [0, 0.1) is 5.92 Å². The van der Waals surface area contributed by atoms with Crippen molar-refractivity contribution in [1.82, 2.24) is 19.5 Å². The predicted molar refractivity (Wildman–Crippen MR) is 129 cm³/mol. The number of thioether (sulfide) groups is 1. The number of fused-ring (bicyclic) bond motifs is 1. The number of imidazole rings is 1. The molecule has 8 nitrogen and oxygen atoms in total. The van der Waals surface area contributed by atoms with Crippen LogP contribution in [-0.4, -0.2) is 51.3 Å². The molecule has 0 radical (unpaired) electrons. The van der Waals surface area contributed by atoms with E-state index in [1.54, 1.807) is 18.4 Å². The molecule has 0 bridgehead atoms. The number of hydrogen-bond acceptors (Lipinski definition) is 6. The third-order valence-corrected chi connectivity index (χ3v) is 12.6. The molecule has 0 spiro atoms. The molecule has 32 heavy (non-hydrogen) atoms. The molecule has 1 amide bonds. The first-order chi connectivity index (χ1) is 14.8. The van der Waals surface area contributed by atoms with E-state index in [1.807, 2.05) is 6.92 Å². The van der Waals surface area contributed by atoms with Gasteiger partial charge in [-0.3, -0.25) is 24.5 Å². The number of nitrogens with zero attached hydrogens (tertiary/aromatic N) is 3. The lowest BCUT2D eigenvalue weighted by atomic mass is 10.1. The third-order valence-electron chi connectivity index (χ3n) is 6.38. The molecule has 2 aromatic heterocycles. The minimum absolute atomic E-state index is 0.0525. The van der Waals surface area contributed by atoms with Gasteiger partial charge in [-0.05, 0) is 24.6 Å². The van der Waals surface area contributed by atoms with Gasteiger partial charge in [-0.15, -0.1) is 11.8 Å². The zero-order chi connectivity index (χ0) is 24.0. The highest BCUT2D eigenvalue weighted by Gasteiger charge is 2.50. The summed E-state index contributed by atoms with van der Waals surface area (Å²) in [5.41, 5.74) is -0.00539. The van der Waals surface area contributed by atoms with Crippen LogP contribution in [0.25, 0.3) is 11.2 Å². The first-order valence-electron chi connectivity index (χ1n) is 11.0. The van der Waals surface area contributed by atoms with E-state index in [-0.39, 0.29) is 33.6 Å². The van der Waals surface area contributed by atoms with E-state index in [9.17, 15) is 9.59 Å². The van der Waals surface area contributed by atoms with Crippen LogP contribution in [0.3, 0.4) is 0 Å². The normalized spacial score (nSPS) is 24.4. The van der Waals surface area contributed by atoms with E-state index in [4.69, 9.17) is 4.43 Å². The molecule has 1 unspecified atom stereocenters. The summed E-state index contributed by atoms with van der Waals surface area (Å²) in [5, 5.41) is 1.90.